The highest BCUT2D eigenvalue weighted by Gasteiger charge is 2.24. The molecule has 8 heteroatoms. The molecular formula is C15H17N5O3. The fraction of sp³-hybridized carbons (Fsp3) is 0.333. The Morgan fingerprint density at radius 1 is 1.39 bits per heavy atom. The quantitative estimate of drug-likeness (QED) is 0.899. The van der Waals surface area contributed by atoms with Crippen LogP contribution in [0.1, 0.15) is 29.1 Å². The molecule has 3 rings (SSSR count). The summed E-state index contributed by atoms with van der Waals surface area (Å²) in [4.78, 5) is 25.6. The number of aryl methyl sites for hydroxylation is 1. The van der Waals surface area contributed by atoms with Gasteiger partial charge >= 0.3 is 0 Å². The summed E-state index contributed by atoms with van der Waals surface area (Å²) < 4.78 is 7.10. The molecular weight excluding hydrogens is 298 g/mol. The smallest absolute Gasteiger partial charge is 0.264 e. The van der Waals surface area contributed by atoms with Gasteiger partial charge in [0.15, 0.2) is 12.4 Å². The van der Waals surface area contributed by atoms with Crippen molar-refractivity contribution in [2.75, 3.05) is 18.6 Å². The number of likely N-dealkylation sites (N-methyl/N-ethyl adjacent to an activating group) is 1. The third kappa shape index (κ3) is 2.75. The second-order valence-electron chi connectivity index (χ2n) is 5.42. The first-order valence-corrected chi connectivity index (χ1v) is 7.15. The van der Waals surface area contributed by atoms with E-state index < -0.39 is 0 Å². The Morgan fingerprint density at radius 3 is 2.87 bits per heavy atom. The number of amides is 2. The molecule has 120 valence electrons. The lowest BCUT2D eigenvalue weighted by atomic mass is 10.1. The number of ether oxygens (including phenoxy) is 1. The first kappa shape index (κ1) is 15.0. The standard InChI is InChI=1S/C15H17N5O3/c1-9(14-18-16-8-19(14)2)17-15(22)10-4-5-12-11(6-10)20(3)13(21)7-23-12/h4-6,8-9H,7H2,1-3H3,(H,17,22). The highest BCUT2D eigenvalue weighted by molar-refractivity contribution is 6.01. The second-order valence-corrected chi connectivity index (χ2v) is 5.42. The van der Waals surface area contributed by atoms with Gasteiger partial charge in [-0.3, -0.25) is 9.59 Å². The number of rotatable bonds is 3. The lowest BCUT2D eigenvalue weighted by Gasteiger charge is -2.26. The average molecular weight is 315 g/mol. The molecule has 0 spiro atoms. The van der Waals surface area contributed by atoms with E-state index in [0.29, 0.717) is 22.8 Å². The SMILES string of the molecule is CC(NC(=O)c1ccc2c(c1)N(C)C(=O)CO2)c1nncn1C. The summed E-state index contributed by atoms with van der Waals surface area (Å²) in [5.41, 5.74) is 1.03. The van der Waals surface area contributed by atoms with Gasteiger partial charge in [0.1, 0.15) is 12.1 Å². The molecule has 0 radical (unpaired) electrons. The van der Waals surface area contributed by atoms with E-state index in [1.165, 1.54) is 4.90 Å². The molecule has 0 aliphatic carbocycles. The van der Waals surface area contributed by atoms with Crippen LogP contribution in [0.5, 0.6) is 5.75 Å². The van der Waals surface area contributed by atoms with Crippen molar-refractivity contribution in [2.45, 2.75) is 13.0 Å². The number of carbonyl (C=O) groups excluding carboxylic acids is 2. The van der Waals surface area contributed by atoms with Crippen LogP contribution in [0.2, 0.25) is 0 Å². The van der Waals surface area contributed by atoms with E-state index in [1.54, 1.807) is 36.1 Å². The van der Waals surface area contributed by atoms with Gasteiger partial charge in [0.25, 0.3) is 11.8 Å². The molecule has 0 saturated heterocycles. The van der Waals surface area contributed by atoms with E-state index in [9.17, 15) is 9.59 Å². The van der Waals surface area contributed by atoms with Crippen LogP contribution in [0, 0.1) is 0 Å². The number of nitrogens with one attached hydrogen (secondary N) is 1. The largest absolute Gasteiger partial charge is 0.482 e. The summed E-state index contributed by atoms with van der Waals surface area (Å²) in [6.45, 7) is 1.84. The lowest BCUT2D eigenvalue weighted by Crippen LogP contribution is -2.36. The number of hydrogen-bond acceptors (Lipinski definition) is 5. The molecule has 0 bridgehead atoms. The van der Waals surface area contributed by atoms with Gasteiger partial charge in [0.05, 0.1) is 11.7 Å². The van der Waals surface area contributed by atoms with Crippen molar-refractivity contribution >= 4 is 17.5 Å². The van der Waals surface area contributed by atoms with Crippen molar-refractivity contribution in [1.29, 1.82) is 0 Å². The number of hydrogen-bond donors (Lipinski definition) is 1. The number of carbonyl (C=O) groups is 2. The van der Waals surface area contributed by atoms with Gasteiger partial charge in [-0.05, 0) is 25.1 Å². The minimum absolute atomic E-state index is 0.0121. The number of aromatic nitrogens is 3. The highest BCUT2D eigenvalue weighted by Crippen LogP contribution is 2.32. The van der Waals surface area contributed by atoms with Crippen molar-refractivity contribution in [1.82, 2.24) is 20.1 Å². The predicted molar refractivity (Wildman–Crippen MR) is 82.2 cm³/mol. The molecule has 23 heavy (non-hydrogen) atoms. The number of nitrogens with zero attached hydrogens (tertiary/aromatic N) is 4. The molecule has 1 atom stereocenters. The Morgan fingerprint density at radius 2 is 2.17 bits per heavy atom. The third-order valence-electron chi connectivity index (χ3n) is 3.79. The van der Waals surface area contributed by atoms with Crippen LogP contribution in [0.3, 0.4) is 0 Å². The second kappa shape index (κ2) is 5.71. The molecule has 0 fully saturated rings. The zero-order chi connectivity index (χ0) is 16.6. The van der Waals surface area contributed by atoms with Crippen LogP contribution in [0.25, 0.3) is 0 Å². The zero-order valence-corrected chi connectivity index (χ0v) is 13.1. The minimum atomic E-state index is -0.290. The summed E-state index contributed by atoms with van der Waals surface area (Å²) in [6.07, 6.45) is 1.58. The normalized spacial score (nSPS) is 14.9. The van der Waals surface area contributed by atoms with Crippen LogP contribution in [-0.2, 0) is 11.8 Å². The van der Waals surface area contributed by atoms with Gasteiger partial charge in [0.2, 0.25) is 0 Å². The maximum Gasteiger partial charge on any atom is 0.264 e. The molecule has 1 aromatic heterocycles. The summed E-state index contributed by atoms with van der Waals surface area (Å²) in [5.74, 6) is 0.842. The first-order chi connectivity index (χ1) is 11.0. The van der Waals surface area contributed by atoms with E-state index in [4.69, 9.17) is 4.74 Å². The van der Waals surface area contributed by atoms with Gasteiger partial charge in [0, 0.05) is 19.7 Å². The van der Waals surface area contributed by atoms with Crippen LogP contribution in [0.15, 0.2) is 24.5 Å². The minimum Gasteiger partial charge on any atom is -0.482 e. The molecule has 1 unspecified atom stereocenters. The van der Waals surface area contributed by atoms with Gasteiger partial charge in [-0.15, -0.1) is 10.2 Å². The first-order valence-electron chi connectivity index (χ1n) is 7.15. The van der Waals surface area contributed by atoms with Crippen molar-refractivity contribution in [3.63, 3.8) is 0 Å². The van der Waals surface area contributed by atoms with Gasteiger partial charge in [-0.25, -0.2) is 0 Å². The van der Waals surface area contributed by atoms with E-state index >= 15 is 0 Å². The fourth-order valence-corrected chi connectivity index (χ4v) is 2.44. The molecule has 1 aliphatic heterocycles. The topological polar surface area (TPSA) is 89.3 Å². The van der Waals surface area contributed by atoms with E-state index in [-0.39, 0.29) is 24.5 Å². The van der Waals surface area contributed by atoms with Crippen LogP contribution in [-0.4, -0.2) is 40.2 Å². The molecule has 2 heterocycles. The van der Waals surface area contributed by atoms with E-state index in [1.807, 2.05) is 14.0 Å². The Labute approximate surface area is 133 Å². The van der Waals surface area contributed by atoms with Crippen LogP contribution >= 0.6 is 0 Å². The van der Waals surface area contributed by atoms with Crippen molar-refractivity contribution in [3.05, 3.63) is 35.9 Å². The molecule has 2 aromatic rings. The number of anilines is 1. The van der Waals surface area contributed by atoms with Crippen molar-refractivity contribution in [2.24, 2.45) is 7.05 Å². The summed E-state index contributed by atoms with van der Waals surface area (Å²) >= 11 is 0. The summed E-state index contributed by atoms with van der Waals surface area (Å²) in [5, 5.41) is 10.6. The average Bonchev–Trinajstić information content (AvgIpc) is 2.97. The molecule has 2 amide bonds. The maximum atomic E-state index is 12.4. The van der Waals surface area contributed by atoms with Gasteiger partial charge < -0.3 is 19.5 Å². The Hall–Kier alpha value is -2.90. The van der Waals surface area contributed by atoms with Crippen LogP contribution in [0.4, 0.5) is 5.69 Å². The molecule has 1 N–H and O–H groups in total. The lowest BCUT2D eigenvalue weighted by molar-refractivity contribution is -0.120. The monoisotopic (exact) mass is 315 g/mol. The number of benzene rings is 1. The molecule has 1 aliphatic rings. The van der Waals surface area contributed by atoms with Crippen molar-refractivity contribution < 1.29 is 14.3 Å². The predicted octanol–water partition coefficient (Wildman–Crippen LogP) is 0.661. The summed E-state index contributed by atoms with van der Waals surface area (Å²) in [7, 11) is 3.47. The van der Waals surface area contributed by atoms with E-state index in [0.717, 1.165) is 0 Å². The fourth-order valence-electron chi connectivity index (χ4n) is 2.44. The van der Waals surface area contributed by atoms with Gasteiger partial charge in [-0.1, -0.05) is 0 Å². The Balaban J connectivity index is 1.81. The van der Waals surface area contributed by atoms with Crippen LogP contribution < -0.4 is 15.0 Å². The molecule has 8 nitrogen and oxygen atoms in total. The van der Waals surface area contributed by atoms with Gasteiger partial charge in [-0.2, -0.15) is 0 Å². The summed E-state index contributed by atoms with van der Waals surface area (Å²) in [6, 6.07) is 4.72. The van der Waals surface area contributed by atoms with E-state index in [2.05, 4.69) is 15.5 Å². The third-order valence-corrected chi connectivity index (χ3v) is 3.79. The molecule has 1 aromatic carbocycles. The maximum absolute atomic E-state index is 12.4. The Kier molecular flexibility index (Phi) is 3.73. The highest BCUT2D eigenvalue weighted by atomic mass is 16.5. The Bertz CT molecular complexity index is 770. The van der Waals surface area contributed by atoms with Crippen molar-refractivity contribution in [3.8, 4) is 5.75 Å². The molecule has 0 saturated carbocycles. The zero-order valence-electron chi connectivity index (χ0n) is 13.1. The number of fused-ring (bicyclic) bond motifs is 1.